The third kappa shape index (κ3) is 7.34. The van der Waals surface area contributed by atoms with Crippen LogP contribution in [0.5, 0.6) is 0 Å². The number of aliphatic carboxylic acids is 1. The first-order chi connectivity index (χ1) is 9.06. The summed E-state index contributed by atoms with van der Waals surface area (Å²) in [6.07, 6.45) is 12.5. The van der Waals surface area contributed by atoms with E-state index >= 15 is 0 Å². The van der Waals surface area contributed by atoms with Crippen molar-refractivity contribution in [1.82, 2.24) is 9.80 Å². The van der Waals surface area contributed by atoms with Crippen LogP contribution in [0.2, 0.25) is 0 Å². The van der Waals surface area contributed by atoms with Crippen LogP contribution < -0.4 is 0 Å². The lowest BCUT2D eigenvalue weighted by Gasteiger charge is -2.31. The molecule has 0 aliphatic carbocycles. The molecule has 1 aliphatic rings. The molecule has 1 heterocycles. The molecular formula is C15H26N2O2. The predicted molar refractivity (Wildman–Crippen MR) is 79.6 cm³/mol. The molecule has 108 valence electrons. The van der Waals surface area contributed by atoms with Gasteiger partial charge in [-0.1, -0.05) is 25.5 Å². The summed E-state index contributed by atoms with van der Waals surface area (Å²) >= 11 is 0. The summed E-state index contributed by atoms with van der Waals surface area (Å²) < 4.78 is 0. The summed E-state index contributed by atoms with van der Waals surface area (Å²) in [6, 6.07) is 0. The van der Waals surface area contributed by atoms with Crippen LogP contribution in [0.3, 0.4) is 0 Å². The van der Waals surface area contributed by atoms with E-state index < -0.39 is 5.97 Å². The first-order valence-corrected chi connectivity index (χ1v) is 6.67. The molecule has 4 heteroatoms. The Morgan fingerprint density at radius 3 is 2.00 bits per heavy atom. The summed E-state index contributed by atoms with van der Waals surface area (Å²) in [5, 5.41) is 7.42. The average molecular weight is 266 g/mol. The second kappa shape index (κ2) is 10.2. The largest absolute Gasteiger partial charge is 0.481 e. The number of unbranched alkanes of at least 4 members (excludes halogenated alkanes) is 1. The fourth-order valence-corrected chi connectivity index (χ4v) is 1.94. The molecule has 0 bridgehead atoms. The standard InChI is InChI=1S/C13H22N2.C2H4O2/c1-4-7-8-13-14(9-5-2)11-12-15(13)10-6-3;1-2(3)4/h5-6,11-13H,2-4,7-10H2,1H3;1H3,(H,3,4). The highest BCUT2D eigenvalue weighted by atomic mass is 16.4. The Bertz CT molecular complexity index is 289. The summed E-state index contributed by atoms with van der Waals surface area (Å²) in [4.78, 5) is 13.7. The van der Waals surface area contributed by atoms with Crippen molar-refractivity contribution in [2.24, 2.45) is 0 Å². The molecule has 0 saturated heterocycles. The molecule has 1 aliphatic heterocycles. The Balaban J connectivity index is 0.000000711. The van der Waals surface area contributed by atoms with Crippen LogP contribution in [0.25, 0.3) is 0 Å². The number of nitrogens with zero attached hydrogens (tertiary/aromatic N) is 2. The molecule has 0 fully saturated rings. The van der Waals surface area contributed by atoms with Crippen LogP contribution in [-0.4, -0.2) is 40.1 Å². The molecule has 0 radical (unpaired) electrons. The Hall–Kier alpha value is -1.71. The van der Waals surface area contributed by atoms with Crippen molar-refractivity contribution in [3.63, 3.8) is 0 Å². The van der Waals surface area contributed by atoms with Gasteiger partial charge in [-0.25, -0.2) is 0 Å². The molecule has 0 aromatic rings. The highest BCUT2D eigenvalue weighted by molar-refractivity contribution is 5.62. The van der Waals surface area contributed by atoms with Crippen LogP contribution in [-0.2, 0) is 4.79 Å². The molecule has 0 atom stereocenters. The number of rotatable bonds is 7. The molecular weight excluding hydrogens is 240 g/mol. The van der Waals surface area contributed by atoms with Crippen LogP contribution in [0.15, 0.2) is 37.7 Å². The Morgan fingerprint density at radius 1 is 1.26 bits per heavy atom. The van der Waals surface area contributed by atoms with Gasteiger partial charge in [0, 0.05) is 32.4 Å². The summed E-state index contributed by atoms with van der Waals surface area (Å²) in [5.74, 6) is -0.833. The molecule has 0 spiro atoms. The van der Waals surface area contributed by atoms with Gasteiger partial charge in [-0.2, -0.15) is 0 Å². The quantitative estimate of drug-likeness (QED) is 0.719. The average Bonchev–Trinajstić information content (AvgIpc) is 2.70. The smallest absolute Gasteiger partial charge is 0.300 e. The van der Waals surface area contributed by atoms with E-state index in [0.717, 1.165) is 20.0 Å². The maximum absolute atomic E-state index is 9.00. The number of hydrogen-bond donors (Lipinski definition) is 1. The van der Waals surface area contributed by atoms with E-state index in [1.807, 2.05) is 12.2 Å². The highest BCUT2D eigenvalue weighted by Crippen LogP contribution is 2.20. The number of hydrogen-bond acceptors (Lipinski definition) is 3. The van der Waals surface area contributed by atoms with Gasteiger partial charge in [0.2, 0.25) is 0 Å². The zero-order chi connectivity index (χ0) is 14.7. The molecule has 4 nitrogen and oxygen atoms in total. The lowest BCUT2D eigenvalue weighted by Crippen LogP contribution is -2.38. The topological polar surface area (TPSA) is 43.8 Å². The lowest BCUT2D eigenvalue weighted by molar-refractivity contribution is -0.134. The van der Waals surface area contributed by atoms with Crippen molar-refractivity contribution in [2.75, 3.05) is 13.1 Å². The van der Waals surface area contributed by atoms with Gasteiger partial charge in [-0.3, -0.25) is 4.79 Å². The van der Waals surface area contributed by atoms with Gasteiger partial charge in [0.1, 0.15) is 6.17 Å². The maximum atomic E-state index is 9.00. The number of carbonyl (C=O) groups is 1. The van der Waals surface area contributed by atoms with Crippen LogP contribution >= 0.6 is 0 Å². The Labute approximate surface area is 116 Å². The van der Waals surface area contributed by atoms with Crippen LogP contribution in [0, 0.1) is 0 Å². The third-order valence-electron chi connectivity index (χ3n) is 2.71. The summed E-state index contributed by atoms with van der Waals surface area (Å²) in [6.45, 7) is 12.8. The second-order valence-corrected chi connectivity index (χ2v) is 4.41. The molecule has 1 N–H and O–H groups in total. The van der Waals surface area contributed by atoms with Gasteiger partial charge in [-0.15, -0.1) is 13.2 Å². The monoisotopic (exact) mass is 266 g/mol. The van der Waals surface area contributed by atoms with E-state index in [-0.39, 0.29) is 0 Å². The summed E-state index contributed by atoms with van der Waals surface area (Å²) in [7, 11) is 0. The fourth-order valence-electron chi connectivity index (χ4n) is 1.94. The van der Waals surface area contributed by atoms with Crippen molar-refractivity contribution in [3.8, 4) is 0 Å². The third-order valence-corrected chi connectivity index (χ3v) is 2.71. The minimum absolute atomic E-state index is 0.501. The zero-order valence-corrected chi connectivity index (χ0v) is 12.1. The molecule has 0 aromatic heterocycles. The van der Waals surface area contributed by atoms with E-state index in [2.05, 4.69) is 42.3 Å². The second-order valence-electron chi connectivity index (χ2n) is 4.41. The fraction of sp³-hybridized carbons (Fsp3) is 0.533. The molecule has 0 saturated carbocycles. The van der Waals surface area contributed by atoms with Crippen molar-refractivity contribution in [1.29, 1.82) is 0 Å². The number of carboxylic acids is 1. The van der Waals surface area contributed by atoms with E-state index in [1.165, 1.54) is 19.3 Å². The van der Waals surface area contributed by atoms with Crippen molar-refractivity contribution < 1.29 is 9.90 Å². The van der Waals surface area contributed by atoms with Crippen LogP contribution in [0.1, 0.15) is 33.1 Å². The Morgan fingerprint density at radius 2 is 1.68 bits per heavy atom. The van der Waals surface area contributed by atoms with Gasteiger partial charge in [0.05, 0.1) is 0 Å². The van der Waals surface area contributed by atoms with Crippen molar-refractivity contribution >= 4 is 5.97 Å². The SMILES string of the molecule is C=CCN1C=CN(CC=C)C1CCCC.CC(=O)O. The first-order valence-electron chi connectivity index (χ1n) is 6.67. The van der Waals surface area contributed by atoms with E-state index in [9.17, 15) is 0 Å². The minimum Gasteiger partial charge on any atom is -0.481 e. The van der Waals surface area contributed by atoms with Gasteiger partial charge in [0.25, 0.3) is 5.97 Å². The molecule has 19 heavy (non-hydrogen) atoms. The first kappa shape index (κ1) is 17.3. The molecule has 0 amide bonds. The maximum Gasteiger partial charge on any atom is 0.300 e. The molecule has 0 unspecified atom stereocenters. The van der Waals surface area contributed by atoms with Gasteiger partial charge < -0.3 is 14.9 Å². The normalized spacial score (nSPS) is 14.0. The van der Waals surface area contributed by atoms with Gasteiger partial charge in [0.15, 0.2) is 0 Å². The van der Waals surface area contributed by atoms with E-state index in [1.54, 1.807) is 0 Å². The minimum atomic E-state index is -0.833. The Kier molecular flexibility index (Phi) is 9.31. The predicted octanol–water partition coefficient (Wildman–Crippen LogP) is 3.05. The molecule has 0 aromatic carbocycles. The van der Waals surface area contributed by atoms with E-state index in [4.69, 9.17) is 9.90 Å². The van der Waals surface area contributed by atoms with E-state index in [0.29, 0.717) is 6.17 Å². The molecule has 1 rings (SSSR count). The lowest BCUT2D eigenvalue weighted by atomic mass is 10.2. The van der Waals surface area contributed by atoms with Gasteiger partial charge >= 0.3 is 0 Å². The zero-order valence-electron chi connectivity index (χ0n) is 12.1. The van der Waals surface area contributed by atoms with Gasteiger partial charge in [-0.05, 0) is 12.8 Å². The summed E-state index contributed by atoms with van der Waals surface area (Å²) in [5.41, 5.74) is 0. The highest BCUT2D eigenvalue weighted by Gasteiger charge is 2.23. The van der Waals surface area contributed by atoms with Crippen LogP contribution in [0.4, 0.5) is 0 Å². The van der Waals surface area contributed by atoms with Crippen molar-refractivity contribution in [2.45, 2.75) is 39.3 Å². The van der Waals surface area contributed by atoms with Crippen molar-refractivity contribution in [3.05, 3.63) is 37.7 Å². The number of carboxylic acid groups (broad SMARTS) is 1.